The van der Waals surface area contributed by atoms with E-state index >= 15 is 0 Å². The lowest BCUT2D eigenvalue weighted by molar-refractivity contribution is 0.101. The largest absolute Gasteiger partial charge is 0.508 e. The average Bonchev–Trinajstić information content (AvgIpc) is 2.87. The molecule has 5 heteroatoms. The number of ketones is 1. The Morgan fingerprint density at radius 2 is 1.45 bits per heavy atom. The molecule has 190 valence electrons. The van der Waals surface area contributed by atoms with Gasteiger partial charge in [0.15, 0.2) is 17.3 Å². The fraction of sp³-hybridized carbons (Fsp3) is 0.536. The second-order valence-electron chi connectivity index (χ2n) is 6.12. The Labute approximate surface area is 202 Å². The van der Waals surface area contributed by atoms with Crippen molar-refractivity contribution >= 4 is 5.78 Å². The maximum atomic E-state index is 11.2. The lowest BCUT2D eigenvalue weighted by atomic mass is 10.1. The topological polar surface area (TPSA) is 76.0 Å². The van der Waals surface area contributed by atoms with Gasteiger partial charge in [0.25, 0.3) is 0 Å². The van der Waals surface area contributed by atoms with Crippen LogP contribution in [0.5, 0.6) is 17.2 Å². The lowest BCUT2D eigenvalue weighted by Gasteiger charge is -2.11. The highest BCUT2D eigenvalue weighted by atomic mass is 16.5. The van der Waals surface area contributed by atoms with Crippen molar-refractivity contribution < 1.29 is 24.5 Å². The fourth-order valence-electron chi connectivity index (χ4n) is 2.36. The van der Waals surface area contributed by atoms with Gasteiger partial charge in [0.2, 0.25) is 0 Å². The molecule has 0 heterocycles. The molecular weight excluding hydrogens is 416 g/mol. The van der Waals surface area contributed by atoms with Crippen molar-refractivity contribution in [1.82, 2.24) is 0 Å². The van der Waals surface area contributed by atoms with E-state index in [9.17, 15) is 4.79 Å². The van der Waals surface area contributed by atoms with E-state index in [1.54, 1.807) is 37.4 Å². The van der Waals surface area contributed by atoms with Crippen LogP contribution in [0.2, 0.25) is 0 Å². The maximum absolute atomic E-state index is 11.2. The van der Waals surface area contributed by atoms with Crippen LogP contribution in [0, 0.1) is 0 Å². The first-order chi connectivity index (χ1) is 16.0. The van der Waals surface area contributed by atoms with Crippen molar-refractivity contribution in [2.45, 2.75) is 81.1 Å². The molecular formula is C28H48O5. The molecule has 0 bridgehead atoms. The number of unbranched alkanes of at least 4 members (excludes halogenated alkanes) is 1. The van der Waals surface area contributed by atoms with E-state index in [4.69, 9.17) is 19.7 Å². The standard InChI is InChI=1S/C13H18O4.C9H12O.3C2H6/c1-10(15)11-5-6-12(16-2)13(9-11)17-8-4-3-7-14;1-2-3-8-4-6-9(10)7-5-8;3*1-2/h5-6,9,14H,3-4,7-8H2,1-2H3;4-7,10H,2-3H2,1H3;3*1-2H3. The van der Waals surface area contributed by atoms with Crippen LogP contribution in [0.3, 0.4) is 0 Å². The number of benzene rings is 2. The number of Topliss-reactive ketones (excluding diaryl/α,β-unsaturated/α-hetero) is 1. The maximum Gasteiger partial charge on any atom is 0.161 e. The molecule has 0 aliphatic rings. The number of hydrogen-bond acceptors (Lipinski definition) is 5. The number of aromatic hydroxyl groups is 1. The number of carbonyl (C=O) groups excluding carboxylic acids is 1. The van der Waals surface area contributed by atoms with Gasteiger partial charge in [-0.3, -0.25) is 4.79 Å². The normalized spacial score (nSPS) is 8.67. The Kier molecular flexibility index (Phi) is 27.3. The summed E-state index contributed by atoms with van der Waals surface area (Å²) in [6.07, 6.45) is 3.73. The molecule has 0 saturated carbocycles. The monoisotopic (exact) mass is 464 g/mol. The van der Waals surface area contributed by atoms with Gasteiger partial charge in [-0.15, -0.1) is 0 Å². The fourth-order valence-corrected chi connectivity index (χ4v) is 2.36. The zero-order valence-electron chi connectivity index (χ0n) is 22.4. The summed E-state index contributed by atoms with van der Waals surface area (Å²) < 4.78 is 10.7. The van der Waals surface area contributed by atoms with E-state index in [1.807, 2.05) is 53.7 Å². The van der Waals surface area contributed by atoms with Gasteiger partial charge in [0.1, 0.15) is 5.75 Å². The van der Waals surface area contributed by atoms with Crippen LogP contribution in [0.15, 0.2) is 42.5 Å². The van der Waals surface area contributed by atoms with Crippen LogP contribution in [0.25, 0.3) is 0 Å². The summed E-state index contributed by atoms with van der Waals surface area (Å²) in [6.45, 7) is 16.3. The predicted molar refractivity (Wildman–Crippen MR) is 141 cm³/mol. The molecule has 0 fully saturated rings. The Balaban J connectivity index is -0.000000478. The zero-order valence-corrected chi connectivity index (χ0v) is 22.4. The van der Waals surface area contributed by atoms with Crippen LogP contribution in [0.1, 0.15) is 90.6 Å². The van der Waals surface area contributed by atoms with Crippen molar-refractivity contribution in [1.29, 1.82) is 0 Å². The molecule has 2 rings (SSSR count). The molecule has 0 spiro atoms. The van der Waals surface area contributed by atoms with Gasteiger partial charge in [-0.1, -0.05) is 67.0 Å². The molecule has 33 heavy (non-hydrogen) atoms. The summed E-state index contributed by atoms with van der Waals surface area (Å²) in [4.78, 5) is 11.2. The summed E-state index contributed by atoms with van der Waals surface area (Å²) in [5, 5.41) is 17.6. The molecule has 0 aromatic heterocycles. The van der Waals surface area contributed by atoms with Gasteiger partial charge in [0.05, 0.1) is 13.7 Å². The number of methoxy groups -OCH3 is 1. The summed E-state index contributed by atoms with van der Waals surface area (Å²) in [5.74, 6) is 1.52. The van der Waals surface area contributed by atoms with Gasteiger partial charge >= 0.3 is 0 Å². The van der Waals surface area contributed by atoms with Crippen molar-refractivity contribution in [3.8, 4) is 17.2 Å². The second-order valence-corrected chi connectivity index (χ2v) is 6.12. The van der Waals surface area contributed by atoms with Gasteiger partial charge in [-0.25, -0.2) is 0 Å². The number of hydrogen-bond donors (Lipinski definition) is 2. The number of ether oxygens (including phenoxy) is 2. The highest BCUT2D eigenvalue weighted by molar-refractivity contribution is 5.94. The number of phenols is 1. The molecule has 5 nitrogen and oxygen atoms in total. The first-order valence-electron chi connectivity index (χ1n) is 12.2. The zero-order chi connectivity index (χ0) is 26.1. The number of rotatable bonds is 9. The SMILES string of the molecule is CC.CC.CC.CCCc1ccc(O)cc1.COc1ccc(C(C)=O)cc1OCCCCO. The van der Waals surface area contributed by atoms with Gasteiger partial charge in [-0.05, 0) is 62.1 Å². The third-order valence-corrected chi connectivity index (χ3v) is 3.86. The molecule has 0 saturated heterocycles. The van der Waals surface area contributed by atoms with Crippen molar-refractivity contribution in [3.05, 3.63) is 53.6 Å². The van der Waals surface area contributed by atoms with Crippen LogP contribution in [0.4, 0.5) is 0 Å². The van der Waals surface area contributed by atoms with Crippen LogP contribution in [-0.4, -0.2) is 36.3 Å². The Bertz CT molecular complexity index is 681. The molecule has 0 aliphatic heterocycles. The van der Waals surface area contributed by atoms with Crippen molar-refractivity contribution in [2.75, 3.05) is 20.3 Å². The predicted octanol–water partition coefficient (Wildman–Crippen LogP) is 7.47. The highest BCUT2D eigenvalue weighted by Crippen LogP contribution is 2.28. The van der Waals surface area contributed by atoms with E-state index in [-0.39, 0.29) is 12.4 Å². The summed E-state index contributed by atoms with van der Waals surface area (Å²) in [6, 6.07) is 12.5. The number of phenolic OH excluding ortho intramolecular Hbond substituents is 1. The quantitative estimate of drug-likeness (QED) is 0.297. The molecule has 2 aromatic carbocycles. The van der Waals surface area contributed by atoms with Gasteiger partial charge < -0.3 is 19.7 Å². The smallest absolute Gasteiger partial charge is 0.161 e. The third-order valence-electron chi connectivity index (χ3n) is 3.86. The molecule has 0 unspecified atom stereocenters. The first-order valence-corrected chi connectivity index (χ1v) is 12.2. The number of aliphatic hydroxyl groups is 1. The minimum atomic E-state index is -0.00661. The van der Waals surface area contributed by atoms with Crippen molar-refractivity contribution in [3.63, 3.8) is 0 Å². The summed E-state index contributed by atoms with van der Waals surface area (Å²) in [5.41, 5.74) is 1.89. The van der Waals surface area contributed by atoms with Crippen LogP contribution < -0.4 is 9.47 Å². The van der Waals surface area contributed by atoms with E-state index in [1.165, 1.54) is 12.5 Å². The van der Waals surface area contributed by atoms with Crippen LogP contribution in [-0.2, 0) is 6.42 Å². The molecule has 0 radical (unpaired) electrons. The minimum Gasteiger partial charge on any atom is -0.508 e. The van der Waals surface area contributed by atoms with Gasteiger partial charge in [0, 0.05) is 12.2 Å². The summed E-state index contributed by atoms with van der Waals surface area (Å²) >= 11 is 0. The Hall–Kier alpha value is -2.53. The van der Waals surface area contributed by atoms with Crippen LogP contribution >= 0.6 is 0 Å². The van der Waals surface area contributed by atoms with Gasteiger partial charge in [-0.2, -0.15) is 0 Å². The molecule has 0 aliphatic carbocycles. The van der Waals surface area contributed by atoms with E-state index in [2.05, 4.69) is 6.92 Å². The molecule has 2 aromatic rings. The Morgan fingerprint density at radius 3 is 1.91 bits per heavy atom. The lowest BCUT2D eigenvalue weighted by Crippen LogP contribution is -2.02. The van der Waals surface area contributed by atoms with E-state index < -0.39 is 0 Å². The molecule has 2 N–H and O–H groups in total. The molecule has 0 amide bonds. The third kappa shape index (κ3) is 17.7. The number of aliphatic hydroxyl groups excluding tert-OH is 1. The van der Waals surface area contributed by atoms with Crippen molar-refractivity contribution in [2.24, 2.45) is 0 Å². The first kappa shape index (κ1) is 35.1. The van der Waals surface area contributed by atoms with E-state index in [0.29, 0.717) is 35.8 Å². The Morgan fingerprint density at radius 1 is 0.879 bits per heavy atom. The molecule has 0 atom stereocenters. The number of aryl methyl sites for hydroxylation is 1. The number of carbonyl (C=O) groups is 1. The highest BCUT2D eigenvalue weighted by Gasteiger charge is 2.08. The summed E-state index contributed by atoms with van der Waals surface area (Å²) in [7, 11) is 1.56. The average molecular weight is 465 g/mol. The second kappa shape index (κ2) is 25.7. The van der Waals surface area contributed by atoms with E-state index in [0.717, 1.165) is 19.3 Å². The minimum absolute atomic E-state index is 0.00661.